The second-order valence-electron chi connectivity index (χ2n) is 6.29. The molecular weight excluding hydrogens is 414 g/mol. The number of carbonyl (C=O) groups excluding carboxylic acids is 2. The standard InChI is InChI=1S/C20H22ClN3O4S/c1-4-11-22-20(26)16-7-5-6-8-17(16)23-19(25)13-24(29(3,27)28)18-12-15(21)10-9-14(18)2/h4-10,12H,1,11,13H2,2-3H3,(H,22,26)(H,23,25). The van der Waals surface area contributed by atoms with Crippen molar-refractivity contribution >= 4 is 44.8 Å². The Hall–Kier alpha value is -2.84. The Morgan fingerprint density at radius 1 is 1.21 bits per heavy atom. The van der Waals surface area contributed by atoms with Crippen LogP contribution in [-0.2, 0) is 14.8 Å². The van der Waals surface area contributed by atoms with Crippen molar-refractivity contribution in [1.29, 1.82) is 0 Å². The van der Waals surface area contributed by atoms with Crippen LogP contribution in [0.15, 0.2) is 55.1 Å². The summed E-state index contributed by atoms with van der Waals surface area (Å²) in [5.41, 5.74) is 1.49. The van der Waals surface area contributed by atoms with Crippen molar-refractivity contribution in [2.75, 3.05) is 29.0 Å². The maximum atomic E-state index is 12.6. The third-order valence-corrected chi connectivity index (χ3v) is 5.34. The molecule has 0 saturated heterocycles. The fourth-order valence-corrected chi connectivity index (χ4v) is 3.67. The summed E-state index contributed by atoms with van der Waals surface area (Å²) in [5, 5.41) is 5.60. The topological polar surface area (TPSA) is 95.6 Å². The van der Waals surface area contributed by atoms with Gasteiger partial charge < -0.3 is 10.6 Å². The Morgan fingerprint density at radius 3 is 2.55 bits per heavy atom. The normalized spacial score (nSPS) is 10.9. The number of carbonyl (C=O) groups is 2. The van der Waals surface area contributed by atoms with Gasteiger partial charge in [0.05, 0.1) is 23.2 Å². The van der Waals surface area contributed by atoms with Crippen LogP contribution in [-0.4, -0.2) is 39.6 Å². The molecule has 2 N–H and O–H groups in total. The van der Waals surface area contributed by atoms with Gasteiger partial charge in [0.1, 0.15) is 6.54 Å². The lowest BCUT2D eigenvalue weighted by Gasteiger charge is -2.24. The second kappa shape index (κ2) is 9.58. The molecule has 29 heavy (non-hydrogen) atoms. The maximum Gasteiger partial charge on any atom is 0.253 e. The van der Waals surface area contributed by atoms with Gasteiger partial charge in [-0.1, -0.05) is 35.9 Å². The van der Waals surface area contributed by atoms with Gasteiger partial charge >= 0.3 is 0 Å². The van der Waals surface area contributed by atoms with Gasteiger partial charge in [-0.2, -0.15) is 0 Å². The number of sulfonamides is 1. The Balaban J connectivity index is 2.28. The Kier molecular flexibility index (Phi) is 7.41. The molecule has 0 unspecified atom stereocenters. The van der Waals surface area contributed by atoms with Crippen molar-refractivity contribution in [1.82, 2.24) is 5.32 Å². The molecule has 0 spiro atoms. The molecule has 0 radical (unpaired) electrons. The molecule has 0 aromatic heterocycles. The Bertz CT molecular complexity index is 1040. The van der Waals surface area contributed by atoms with Crippen LogP contribution >= 0.6 is 11.6 Å². The molecule has 0 fully saturated rings. The average molecular weight is 436 g/mol. The summed E-state index contributed by atoms with van der Waals surface area (Å²) in [5.74, 6) is -0.981. The van der Waals surface area contributed by atoms with Gasteiger partial charge in [0, 0.05) is 11.6 Å². The first kappa shape index (κ1) is 22.4. The molecule has 0 heterocycles. The zero-order valence-corrected chi connectivity index (χ0v) is 17.7. The Morgan fingerprint density at radius 2 is 1.90 bits per heavy atom. The lowest BCUT2D eigenvalue weighted by atomic mass is 10.1. The first-order valence-electron chi connectivity index (χ1n) is 8.65. The van der Waals surface area contributed by atoms with Crippen molar-refractivity contribution in [3.63, 3.8) is 0 Å². The van der Waals surface area contributed by atoms with Gasteiger partial charge in [-0.3, -0.25) is 13.9 Å². The van der Waals surface area contributed by atoms with Gasteiger partial charge in [-0.15, -0.1) is 6.58 Å². The van der Waals surface area contributed by atoms with Crippen LogP contribution in [0.4, 0.5) is 11.4 Å². The number of amides is 2. The van der Waals surface area contributed by atoms with Crippen molar-refractivity contribution in [3.8, 4) is 0 Å². The number of anilines is 2. The summed E-state index contributed by atoms with van der Waals surface area (Å²) in [4.78, 5) is 24.9. The van der Waals surface area contributed by atoms with Gasteiger partial charge in [-0.25, -0.2) is 8.42 Å². The van der Waals surface area contributed by atoms with Crippen LogP contribution in [0.5, 0.6) is 0 Å². The Labute approximate surface area is 175 Å². The number of hydrogen-bond acceptors (Lipinski definition) is 4. The highest BCUT2D eigenvalue weighted by Crippen LogP contribution is 2.26. The molecule has 9 heteroatoms. The third kappa shape index (κ3) is 6.07. The summed E-state index contributed by atoms with van der Waals surface area (Å²) in [7, 11) is -3.76. The summed E-state index contributed by atoms with van der Waals surface area (Å²) < 4.78 is 25.6. The summed E-state index contributed by atoms with van der Waals surface area (Å²) in [6, 6.07) is 11.2. The number of para-hydroxylation sites is 1. The van der Waals surface area contributed by atoms with Crippen molar-refractivity contribution in [2.45, 2.75) is 6.92 Å². The predicted molar refractivity (Wildman–Crippen MR) is 116 cm³/mol. The fourth-order valence-electron chi connectivity index (χ4n) is 2.60. The SMILES string of the molecule is C=CCNC(=O)c1ccccc1NC(=O)CN(c1cc(Cl)ccc1C)S(C)(=O)=O. The van der Waals surface area contributed by atoms with Crippen LogP contribution < -0.4 is 14.9 Å². The van der Waals surface area contributed by atoms with Crippen LogP contribution in [0.1, 0.15) is 15.9 Å². The van der Waals surface area contributed by atoms with Crippen LogP contribution in [0.2, 0.25) is 5.02 Å². The number of rotatable bonds is 8. The smallest absolute Gasteiger partial charge is 0.253 e. The number of nitrogens with one attached hydrogen (secondary N) is 2. The predicted octanol–water partition coefficient (Wildman–Crippen LogP) is 2.97. The minimum atomic E-state index is -3.76. The molecule has 0 aliphatic heterocycles. The van der Waals surface area contributed by atoms with E-state index in [0.29, 0.717) is 16.3 Å². The van der Waals surface area contributed by atoms with E-state index in [0.717, 1.165) is 10.6 Å². The first-order valence-corrected chi connectivity index (χ1v) is 10.9. The van der Waals surface area contributed by atoms with E-state index in [2.05, 4.69) is 17.2 Å². The fraction of sp³-hybridized carbons (Fsp3) is 0.200. The monoisotopic (exact) mass is 435 g/mol. The van der Waals surface area contributed by atoms with E-state index < -0.39 is 22.5 Å². The number of halogens is 1. The average Bonchev–Trinajstić information content (AvgIpc) is 2.66. The van der Waals surface area contributed by atoms with E-state index in [4.69, 9.17) is 11.6 Å². The van der Waals surface area contributed by atoms with Crippen molar-refractivity contribution in [2.24, 2.45) is 0 Å². The molecule has 2 aromatic rings. The highest BCUT2D eigenvalue weighted by molar-refractivity contribution is 7.92. The number of nitrogens with zero attached hydrogens (tertiary/aromatic N) is 1. The molecule has 7 nitrogen and oxygen atoms in total. The lowest BCUT2D eigenvalue weighted by Crippen LogP contribution is -2.38. The van der Waals surface area contributed by atoms with Crippen LogP contribution in [0, 0.1) is 6.92 Å². The highest BCUT2D eigenvalue weighted by atomic mass is 35.5. The minimum absolute atomic E-state index is 0.257. The second-order valence-corrected chi connectivity index (χ2v) is 8.64. The largest absolute Gasteiger partial charge is 0.349 e. The van der Waals surface area contributed by atoms with E-state index >= 15 is 0 Å². The van der Waals surface area contributed by atoms with Gasteiger partial charge in [0.25, 0.3) is 5.91 Å². The molecule has 0 saturated carbocycles. The number of hydrogen-bond donors (Lipinski definition) is 2. The third-order valence-electron chi connectivity index (χ3n) is 3.98. The van der Waals surface area contributed by atoms with Crippen LogP contribution in [0.25, 0.3) is 0 Å². The summed E-state index contributed by atoms with van der Waals surface area (Å²) in [6.45, 7) is 5.07. The zero-order chi connectivity index (χ0) is 21.6. The molecule has 2 aromatic carbocycles. The summed E-state index contributed by atoms with van der Waals surface area (Å²) >= 11 is 6.00. The molecule has 2 rings (SSSR count). The summed E-state index contributed by atoms with van der Waals surface area (Å²) in [6.07, 6.45) is 2.55. The molecule has 0 aliphatic rings. The quantitative estimate of drug-likeness (QED) is 0.623. The van der Waals surface area contributed by atoms with E-state index in [1.54, 1.807) is 43.3 Å². The maximum absolute atomic E-state index is 12.6. The zero-order valence-electron chi connectivity index (χ0n) is 16.1. The van der Waals surface area contributed by atoms with E-state index in [1.807, 2.05) is 0 Å². The van der Waals surface area contributed by atoms with Gasteiger partial charge in [0.15, 0.2) is 0 Å². The minimum Gasteiger partial charge on any atom is -0.349 e. The molecule has 0 bridgehead atoms. The molecular formula is C20H22ClN3O4S. The van der Waals surface area contributed by atoms with Gasteiger partial charge in [-0.05, 0) is 36.8 Å². The van der Waals surface area contributed by atoms with E-state index in [-0.39, 0.29) is 23.7 Å². The van der Waals surface area contributed by atoms with Gasteiger partial charge in [0.2, 0.25) is 15.9 Å². The number of benzene rings is 2. The first-order chi connectivity index (χ1) is 13.6. The van der Waals surface area contributed by atoms with Crippen molar-refractivity contribution < 1.29 is 18.0 Å². The molecule has 154 valence electrons. The molecule has 0 atom stereocenters. The molecule has 0 aliphatic carbocycles. The van der Waals surface area contributed by atoms with Crippen LogP contribution in [0.3, 0.4) is 0 Å². The molecule has 2 amide bonds. The van der Waals surface area contributed by atoms with E-state index in [1.165, 1.54) is 12.1 Å². The highest BCUT2D eigenvalue weighted by Gasteiger charge is 2.23. The van der Waals surface area contributed by atoms with Crippen molar-refractivity contribution in [3.05, 3.63) is 71.3 Å². The number of aryl methyl sites for hydroxylation is 1. The van der Waals surface area contributed by atoms with E-state index in [9.17, 15) is 18.0 Å². The lowest BCUT2D eigenvalue weighted by molar-refractivity contribution is -0.114.